The summed E-state index contributed by atoms with van der Waals surface area (Å²) in [5, 5.41) is 14.7. The molecule has 15 heteroatoms. The smallest absolute Gasteiger partial charge is 0.325 e. The van der Waals surface area contributed by atoms with Gasteiger partial charge in [0.25, 0.3) is 11.1 Å². The number of aromatic nitrogens is 6. The van der Waals surface area contributed by atoms with Crippen LogP contribution in [0.5, 0.6) is 6.01 Å². The average Bonchev–Trinajstić information content (AvgIpc) is 3.03. The number of nitrogen functional groups attached to an aromatic ring is 1. The lowest BCUT2D eigenvalue weighted by Crippen LogP contribution is -2.37. The molecule has 1 fully saturated rings. The molecule has 0 bridgehead atoms. The van der Waals surface area contributed by atoms with E-state index in [1.807, 2.05) is 4.98 Å². The predicted molar refractivity (Wildman–Crippen MR) is 104 cm³/mol. The van der Waals surface area contributed by atoms with E-state index >= 15 is 0 Å². The first-order chi connectivity index (χ1) is 15.2. The molecule has 0 radical (unpaired) electrons. The zero-order valence-corrected chi connectivity index (χ0v) is 15.9. The number of halogens is 2. The molecule has 0 aromatic carbocycles. The zero-order valence-electron chi connectivity index (χ0n) is 15.9. The van der Waals surface area contributed by atoms with Gasteiger partial charge in [-0.1, -0.05) is 0 Å². The maximum atomic E-state index is 14.6. The molecule has 4 rings (SSSR count). The summed E-state index contributed by atoms with van der Waals surface area (Å²) in [5.41, 5.74) is 2.91. The van der Waals surface area contributed by atoms with Crippen LogP contribution in [-0.4, -0.2) is 55.2 Å². The average molecular weight is 445 g/mol. The predicted octanol–water partition coefficient (Wildman–Crippen LogP) is -1.04. The van der Waals surface area contributed by atoms with Crippen LogP contribution in [0, 0.1) is 11.3 Å². The monoisotopic (exact) mass is 445 g/mol. The van der Waals surface area contributed by atoms with Crippen LogP contribution in [0.15, 0.2) is 32.8 Å². The van der Waals surface area contributed by atoms with E-state index in [-0.39, 0.29) is 28.3 Å². The molecule has 3 aromatic heterocycles. The number of anilines is 2. The fraction of sp³-hybridized carbons (Fsp3) is 0.235. The van der Waals surface area contributed by atoms with Crippen molar-refractivity contribution in [1.29, 1.82) is 5.26 Å². The van der Waals surface area contributed by atoms with Gasteiger partial charge < -0.3 is 20.4 Å². The summed E-state index contributed by atoms with van der Waals surface area (Å²) in [6.45, 7) is -1.30. The van der Waals surface area contributed by atoms with Gasteiger partial charge in [-0.05, 0) is 6.07 Å². The number of H-pyrrole nitrogens is 3. The summed E-state index contributed by atoms with van der Waals surface area (Å²) in [6, 6.07) is 2.44. The second kappa shape index (κ2) is 7.58. The molecule has 0 saturated carbocycles. The Kier molecular flexibility index (Phi) is 4.89. The van der Waals surface area contributed by atoms with Crippen molar-refractivity contribution in [3.05, 3.63) is 55.2 Å². The highest BCUT2D eigenvalue weighted by Gasteiger charge is 2.51. The van der Waals surface area contributed by atoms with Crippen LogP contribution in [0.3, 0.4) is 0 Å². The molecule has 1 unspecified atom stereocenters. The molecule has 3 aromatic rings. The maximum absolute atomic E-state index is 14.6. The molecule has 0 aliphatic carbocycles. The van der Waals surface area contributed by atoms with Gasteiger partial charge in [-0.3, -0.25) is 14.6 Å². The Labute approximate surface area is 175 Å². The molecule has 32 heavy (non-hydrogen) atoms. The molecule has 1 aliphatic heterocycles. The van der Waals surface area contributed by atoms with Gasteiger partial charge in [-0.25, -0.2) is 23.7 Å². The summed E-state index contributed by atoms with van der Waals surface area (Å²) >= 11 is 0. The van der Waals surface area contributed by atoms with Gasteiger partial charge in [0.2, 0.25) is 0 Å². The maximum Gasteiger partial charge on any atom is 0.325 e. The zero-order chi connectivity index (χ0) is 23.0. The number of alkyl halides is 2. The highest BCUT2D eigenvalue weighted by atomic mass is 19.3. The first-order valence-electron chi connectivity index (χ1n) is 8.92. The summed E-state index contributed by atoms with van der Waals surface area (Å²) in [6.07, 6.45) is 0.398. The number of nitrogens with one attached hydrogen (secondary N) is 3. The number of nitrogens with zero attached hydrogens (tertiary/aromatic N) is 5. The van der Waals surface area contributed by atoms with Crippen LogP contribution < -0.4 is 32.2 Å². The van der Waals surface area contributed by atoms with Crippen molar-refractivity contribution in [1.82, 2.24) is 30.1 Å². The lowest BCUT2D eigenvalue weighted by Gasteiger charge is -2.17. The van der Waals surface area contributed by atoms with Gasteiger partial charge in [0.1, 0.15) is 23.1 Å². The van der Waals surface area contributed by atoms with Crippen molar-refractivity contribution in [2.24, 2.45) is 0 Å². The van der Waals surface area contributed by atoms with Crippen LogP contribution in [0.1, 0.15) is 5.56 Å². The number of aromatic amines is 3. The van der Waals surface area contributed by atoms with Crippen molar-refractivity contribution in [2.75, 3.05) is 23.7 Å². The van der Waals surface area contributed by atoms with E-state index in [0.717, 1.165) is 23.4 Å². The largest absolute Gasteiger partial charge is 0.452 e. The Morgan fingerprint density at radius 3 is 2.78 bits per heavy atom. The number of nitriles is 1. The van der Waals surface area contributed by atoms with Crippen molar-refractivity contribution in [3.63, 3.8) is 0 Å². The van der Waals surface area contributed by atoms with Gasteiger partial charge in [0.05, 0.1) is 30.5 Å². The molecule has 164 valence electrons. The molecule has 0 amide bonds. The molecule has 1 atom stereocenters. The molecule has 13 nitrogen and oxygen atoms in total. The summed E-state index contributed by atoms with van der Waals surface area (Å²) < 4.78 is 34.4. The van der Waals surface area contributed by atoms with Crippen LogP contribution in [0.25, 0.3) is 11.3 Å². The number of hydrogen-bond acceptors (Lipinski definition) is 10. The minimum absolute atomic E-state index is 0.0368. The van der Waals surface area contributed by atoms with Gasteiger partial charge >= 0.3 is 17.6 Å². The van der Waals surface area contributed by atoms with Crippen LogP contribution in [-0.2, 0) is 0 Å². The van der Waals surface area contributed by atoms with Crippen molar-refractivity contribution in [2.45, 2.75) is 12.0 Å². The Hall–Kier alpha value is -4.61. The van der Waals surface area contributed by atoms with E-state index in [9.17, 15) is 23.2 Å². The highest BCUT2D eigenvalue weighted by molar-refractivity contribution is 5.62. The van der Waals surface area contributed by atoms with E-state index in [1.165, 1.54) is 0 Å². The summed E-state index contributed by atoms with van der Waals surface area (Å²) in [7, 11) is 0. The van der Waals surface area contributed by atoms with E-state index in [4.69, 9.17) is 15.7 Å². The van der Waals surface area contributed by atoms with Gasteiger partial charge in [0, 0.05) is 6.20 Å². The fourth-order valence-electron chi connectivity index (χ4n) is 3.08. The quantitative estimate of drug-likeness (QED) is 0.384. The Bertz CT molecular complexity index is 1410. The molecule has 4 heterocycles. The normalized spacial score (nSPS) is 17.2. The summed E-state index contributed by atoms with van der Waals surface area (Å²) in [4.78, 5) is 48.1. The minimum atomic E-state index is -3.41. The Balaban J connectivity index is 1.63. The molecule has 0 spiro atoms. The SMILES string of the molecule is N#Cc1cnc(OC2CN(c3cc(-c4c[nH]c(=O)[nH]c4=O)n[nH]c3=O)CC2(F)F)nc1N. The third-order valence-corrected chi connectivity index (χ3v) is 4.64. The van der Waals surface area contributed by atoms with Crippen LogP contribution >= 0.6 is 0 Å². The van der Waals surface area contributed by atoms with Crippen molar-refractivity contribution in [3.8, 4) is 23.3 Å². The molecular formula is C17H13F2N9O4. The Morgan fingerprint density at radius 1 is 1.31 bits per heavy atom. The van der Waals surface area contributed by atoms with E-state index < -0.39 is 47.9 Å². The van der Waals surface area contributed by atoms with Crippen molar-refractivity contribution >= 4 is 11.5 Å². The fourth-order valence-corrected chi connectivity index (χ4v) is 3.08. The second-order valence-electron chi connectivity index (χ2n) is 6.76. The number of ether oxygens (including phenoxy) is 1. The third kappa shape index (κ3) is 3.76. The second-order valence-corrected chi connectivity index (χ2v) is 6.76. The van der Waals surface area contributed by atoms with Crippen molar-refractivity contribution < 1.29 is 13.5 Å². The minimum Gasteiger partial charge on any atom is -0.452 e. The topological polar surface area (TPSA) is 200 Å². The molecule has 1 aliphatic rings. The van der Waals surface area contributed by atoms with Crippen LogP contribution in [0.4, 0.5) is 20.3 Å². The molecule has 1 saturated heterocycles. The lowest BCUT2D eigenvalue weighted by atomic mass is 10.2. The molecule has 5 N–H and O–H groups in total. The first-order valence-corrected chi connectivity index (χ1v) is 8.92. The van der Waals surface area contributed by atoms with Gasteiger partial charge in [0.15, 0.2) is 6.10 Å². The number of rotatable bonds is 4. The standard InChI is InChI=1S/C17H13F2N9O4/c18-17(19)6-28(5-11(17)32-16-23-3-7(2-20)12(21)24-16)10-1-9(26-27-14(10)30)8-4-22-15(31)25-13(8)29/h1,3-4,11H,5-6H2,(H,27,30)(H2,21,23,24)(H2,22,25,29,31). The number of nitrogens with two attached hydrogens (primary N) is 1. The van der Waals surface area contributed by atoms with E-state index in [0.29, 0.717) is 0 Å². The first kappa shape index (κ1) is 20.7. The number of hydrogen-bond donors (Lipinski definition) is 4. The highest BCUT2D eigenvalue weighted by Crippen LogP contribution is 2.33. The van der Waals surface area contributed by atoms with E-state index in [1.54, 1.807) is 6.07 Å². The third-order valence-electron chi connectivity index (χ3n) is 4.64. The molecular weight excluding hydrogens is 432 g/mol. The van der Waals surface area contributed by atoms with Crippen LogP contribution in [0.2, 0.25) is 0 Å². The lowest BCUT2D eigenvalue weighted by molar-refractivity contribution is -0.0624. The van der Waals surface area contributed by atoms with Gasteiger partial charge in [-0.15, -0.1) is 0 Å². The Morgan fingerprint density at radius 2 is 2.09 bits per heavy atom. The van der Waals surface area contributed by atoms with E-state index in [2.05, 4.69) is 25.1 Å². The summed E-state index contributed by atoms with van der Waals surface area (Å²) in [5.74, 6) is -3.63. The van der Waals surface area contributed by atoms with Gasteiger partial charge in [-0.2, -0.15) is 15.3 Å².